The van der Waals surface area contributed by atoms with E-state index in [0.29, 0.717) is 6.61 Å². The van der Waals surface area contributed by atoms with Crippen molar-refractivity contribution in [2.45, 2.75) is 6.42 Å². The molecule has 0 heterocycles. The van der Waals surface area contributed by atoms with Gasteiger partial charge in [0.25, 0.3) is 0 Å². The van der Waals surface area contributed by atoms with Crippen molar-refractivity contribution in [2.24, 2.45) is 0 Å². The number of rotatable bonds is 3. The van der Waals surface area contributed by atoms with Crippen LogP contribution < -0.4 is 0 Å². The average Bonchev–Trinajstić information content (AvgIpc) is 1.61. The summed E-state index contributed by atoms with van der Waals surface area (Å²) in [6, 6.07) is 0. The molecule has 0 aliphatic carbocycles. The van der Waals surface area contributed by atoms with Gasteiger partial charge in [-0.25, -0.2) is 0 Å². The molecule has 0 radical (unpaired) electrons. The molecule has 0 aromatic carbocycles. The van der Waals surface area contributed by atoms with Crippen LogP contribution in [0.1, 0.15) is 6.42 Å². The van der Waals surface area contributed by atoms with Crippen molar-refractivity contribution >= 4 is 0 Å². The van der Waals surface area contributed by atoms with E-state index in [-0.39, 0.29) is 32.8 Å². The van der Waals surface area contributed by atoms with E-state index in [1.807, 2.05) is 0 Å². The second-order valence-corrected chi connectivity index (χ2v) is 1.07. The number of aliphatic hydroxyl groups excluding tert-OH is 1. The molecule has 1 N–H and O–H groups in total. The van der Waals surface area contributed by atoms with Gasteiger partial charge in [-0.05, 0) is 6.42 Å². The van der Waals surface area contributed by atoms with Crippen molar-refractivity contribution < 1.29 is 36.0 Å². The van der Waals surface area contributed by atoms with Crippen molar-refractivity contribution in [1.29, 1.82) is 0 Å². The first-order valence-electron chi connectivity index (χ1n) is 2.01. The molecule has 3 heteroatoms. The normalized spacial score (nSPS) is 7.71. The Labute approximate surface area is 63.0 Å². The Morgan fingerprint density at radius 1 is 1.57 bits per heavy atom. The topological polar surface area (TPSA) is 29.5 Å². The molecule has 0 atom stereocenters. The first kappa shape index (κ1) is 10.7. The van der Waals surface area contributed by atoms with E-state index in [1.165, 1.54) is 0 Å². The van der Waals surface area contributed by atoms with Gasteiger partial charge in [0.2, 0.25) is 0 Å². The van der Waals surface area contributed by atoms with Crippen molar-refractivity contribution in [3.8, 4) is 0 Å². The minimum atomic E-state index is 0. The summed E-state index contributed by atoms with van der Waals surface area (Å²) in [7, 11) is 1.62. The second kappa shape index (κ2) is 9.93. The molecule has 0 spiro atoms. The Morgan fingerprint density at radius 3 is 2.29 bits per heavy atom. The van der Waals surface area contributed by atoms with Gasteiger partial charge in [0, 0.05) is 46.5 Å². The third-order valence-electron chi connectivity index (χ3n) is 0.507. The van der Waals surface area contributed by atoms with Crippen molar-refractivity contribution in [3.63, 3.8) is 0 Å². The molecule has 0 saturated carbocycles. The molecule has 0 aromatic rings. The molecule has 0 aromatic heterocycles. The van der Waals surface area contributed by atoms with E-state index < -0.39 is 0 Å². The zero-order chi connectivity index (χ0) is 4.83. The molecule has 7 heavy (non-hydrogen) atoms. The zero-order valence-corrected chi connectivity index (χ0v) is 6.93. The Bertz CT molecular complexity index is 21.7. The van der Waals surface area contributed by atoms with Gasteiger partial charge in [0.05, 0.1) is 0 Å². The molecule has 0 amide bonds. The summed E-state index contributed by atoms with van der Waals surface area (Å²) in [6.07, 6.45) is 0.747. The van der Waals surface area contributed by atoms with Crippen molar-refractivity contribution in [3.05, 3.63) is 0 Å². The summed E-state index contributed by atoms with van der Waals surface area (Å²) in [6.45, 7) is 0.893. The van der Waals surface area contributed by atoms with Gasteiger partial charge < -0.3 is 9.84 Å². The smallest absolute Gasteiger partial charge is 0.0484 e. The maximum absolute atomic E-state index is 8.12. The maximum atomic E-state index is 8.12. The molecule has 0 bridgehead atoms. The Hall–Kier alpha value is 0.803. The third-order valence-corrected chi connectivity index (χ3v) is 0.507. The molecule has 0 rings (SSSR count). The summed E-state index contributed by atoms with van der Waals surface area (Å²) in [5.74, 6) is 0. The first-order chi connectivity index (χ1) is 2.91. The van der Waals surface area contributed by atoms with Gasteiger partial charge in [-0.3, -0.25) is 0 Å². The summed E-state index contributed by atoms with van der Waals surface area (Å²) < 4.78 is 4.62. The van der Waals surface area contributed by atoms with Crippen LogP contribution in [0.4, 0.5) is 0 Å². The molecule has 2 nitrogen and oxygen atoms in total. The van der Waals surface area contributed by atoms with Gasteiger partial charge in [0.15, 0.2) is 0 Å². The van der Waals surface area contributed by atoms with Crippen LogP contribution in [0.15, 0.2) is 0 Å². The standard InChI is InChI=1S/C4H10O2.Zr/c1-6-4-2-3-5;/h5H,2-4H2,1H3;. The molecule has 0 unspecified atom stereocenters. The van der Waals surface area contributed by atoms with Crippen LogP contribution in [0.3, 0.4) is 0 Å². The van der Waals surface area contributed by atoms with Gasteiger partial charge >= 0.3 is 0 Å². The van der Waals surface area contributed by atoms with Crippen LogP contribution in [-0.2, 0) is 30.9 Å². The number of hydrogen-bond acceptors (Lipinski definition) is 2. The van der Waals surface area contributed by atoms with Crippen molar-refractivity contribution in [2.75, 3.05) is 20.3 Å². The van der Waals surface area contributed by atoms with Crippen LogP contribution >= 0.6 is 0 Å². The fourth-order valence-electron chi connectivity index (χ4n) is 0.209. The van der Waals surface area contributed by atoms with Gasteiger partial charge in [-0.15, -0.1) is 0 Å². The predicted molar refractivity (Wildman–Crippen MR) is 23.6 cm³/mol. The van der Waals surface area contributed by atoms with E-state index in [0.717, 1.165) is 6.42 Å². The molecular weight excluding hydrogens is 171 g/mol. The number of hydrogen-bond donors (Lipinski definition) is 1. The number of aliphatic hydroxyl groups is 1. The summed E-state index contributed by atoms with van der Waals surface area (Å²) >= 11 is 0. The minimum absolute atomic E-state index is 0. The predicted octanol–water partition coefficient (Wildman–Crippen LogP) is 0.0127. The SMILES string of the molecule is COCCCO.[Zr]. The van der Waals surface area contributed by atoms with E-state index in [4.69, 9.17) is 5.11 Å². The number of methoxy groups -OCH3 is 1. The fourth-order valence-corrected chi connectivity index (χ4v) is 0.209. The Kier molecular flexibility index (Phi) is 15.2. The largest absolute Gasteiger partial charge is 0.396 e. The average molecular weight is 181 g/mol. The monoisotopic (exact) mass is 180 g/mol. The summed E-state index contributed by atoms with van der Waals surface area (Å²) in [4.78, 5) is 0. The maximum Gasteiger partial charge on any atom is 0.0484 e. The van der Waals surface area contributed by atoms with Crippen LogP contribution in [0.25, 0.3) is 0 Å². The fraction of sp³-hybridized carbons (Fsp3) is 1.00. The quantitative estimate of drug-likeness (QED) is 0.622. The minimum Gasteiger partial charge on any atom is -0.396 e. The Balaban J connectivity index is 0. The molecule has 0 aliphatic heterocycles. The molecule has 0 aliphatic rings. The van der Waals surface area contributed by atoms with Crippen molar-refractivity contribution in [1.82, 2.24) is 0 Å². The van der Waals surface area contributed by atoms with Gasteiger partial charge in [-0.1, -0.05) is 0 Å². The second-order valence-electron chi connectivity index (χ2n) is 1.07. The van der Waals surface area contributed by atoms with Crippen LogP contribution in [0.5, 0.6) is 0 Å². The molecule has 0 saturated heterocycles. The van der Waals surface area contributed by atoms with Crippen LogP contribution in [0.2, 0.25) is 0 Å². The van der Waals surface area contributed by atoms with E-state index in [9.17, 15) is 0 Å². The van der Waals surface area contributed by atoms with Gasteiger partial charge in [0.1, 0.15) is 0 Å². The number of ether oxygens (including phenoxy) is 1. The van der Waals surface area contributed by atoms with Crippen LogP contribution in [0, 0.1) is 0 Å². The Morgan fingerprint density at radius 2 is 2.14 bits per heavy atom. The first-order valence-corrected chi connectivity index (χ1v) is 2.01. The summed E-state index contributed by atoms with van der Waals surface area (Å²) in [5.41, 5.74) is 0. The molecular formula is C4H10O2Zr. The van der Waals surface area contributed by atoms with Gasteiger partial charge in [-0.2, -0.15) is 0 Å². The third kappa shape index (κ3) is 10.9. The molecule has 42 valence electrons. The van der Waals surface area contributed by atoms with E-state index in [2.05, 4.69) is 4.74 Å². The molecule has 0 fully saturated rings. The summed E-state index contributed by atoms with van der Waals surface area (Å²) in [5, 5.41) is 8.12. The van der Waals surface area contributed by atoms with Crippen LogP contribution in [-0.4, -0.2) is 25.4 Å². The van der Waals surface area contributed by atoms with E-state index in [1.54, 1.807) is 7.11 Å². The van der Waals surface area contributed by atoms with E-state index >= 15 is 0 Å². The zero-order valence-electron chi connectivity index (χ0n) is 4.48.